The molecule has 4 fully saturated rings. The molecular formula is C21H36O2. The van der Waals surface area contributed by atoms with Crippen molar-refractivity contribution < 1.29 is 10.2 Å². The van der Waals surface area contributed by atoms with E-state index in [1.54, 1.807) is 0 Å². The maximum absolute atomic E-state index is 10.3. The Labute approximate surface area is 142 Å². The van der Waals surface area contributed by atoms with Crippen LogP contribution in [-0.2, 0) is 0 Å². The minimum Gasteiger partial charge on any atom is -0.393 e. The first-order valence-corrected chi connectivity index (χ1v) is 10.2. The second-order valence-corrected chi connectivity index (χ2v) is 10.1. The first-order valence-electron chi connectivity index (χ1n) is 10.2. The zero-order valence-electron chi connectivity index (χ0n) is 15.3. The molecule has 0 spiro atoms. The number of aliphatic hydroxyl groups is 2. The van der Waals surface area contributed by atoms with Crippen molar-refractivity contribution in [2.75, 3.05) is 0 Å². The molecule has 2 nitrogen and oxygen atoms in total. The minimum atomic E-state index is -0.140. The SMILES string of the molecule is C[C@@H](O)[C@@H]1CC[C@H]2[C@@H]3CC[C@H]4C[C@H](O)CC[C@]4(C)[C@H]3CC[C@@]21C. The fraction of sp³-hybridized carbons (Fsp3) is 1.00. The topological polar surface area (TPSA) is 40.5 Å². The summed E-state index contributed by atoms with van der Waals surface area (Å²) in [6.07, 6.45) is 11.1. The van der Waals surface area contributed by atoms with Gasteiger partial charge in [0.05, 0.1) is 12.2 Å². The predicted octanol–water partition coefficient (Wildman–Crippen LogP) is 4.39. The summed E-state index contributed by atoms with van der Waals surface area (Å²) in [6.45, 7) is 7.08. The molecule has 0 aromatic carbocycles. The molecule has 0 heterocycles. The van der Waals surface area contributed by atoms with Gasteiger partial charge in [-0.2, -0.15) is 0 Å². The van der Waals surface area contributed by atoms with Crippen LogP contribution in [0.25, 0.3) is 0 Å². The zero-order valence-corrected chi connectivity index (χ0v) is 15.3. The van der Waals surface area contributed by atoms with Crippen LogP contribution in [0.3, 0.4) is 0 Å². The van der Waals surface area contributed by atoms with E-state index in [0.717, 1.165) is 36.5 Å². The van der Waals surface area contributed by atoms with Crippen molar-refractivity contribution >= 4 is 0 Å². The lowest BCUT2D eigenvalue weighted by Crippen LogP contribution is -2.54. The summed E-state index contributed by atoms with van der Waals surface area (Å²) in [6, 6.07) is 0. The summed E-state index contributed by atoms with van der Waals surface area (Å²) in [5.74, 6) is 3.87. The molecular weight excluding hydrogens is 284 g/mol. The van der Waals surface area contributed by atoms with E-state index in [2.05, 4.69) is 13.8 Å². The first-order chi connectivity index (χ1) is 10.9. The smallest absolute Gasteiger partial charge is 0.0545 e. The molecule has 23 heavy (non-hydrogen) atoms. The van der Waals surface area contributed by atoms with E-state index in [1.165, 1.54) is 44.9 Å². The molecule has 0 aliphatic heterocycles. The van der Waals surface area contributed by atoms with Crippen molar-refractivity contribution in [3.8, 4) is 0 Å². The van der Waals surface area contributed by atoms with Crippen molar-refractivity contribution in [1.29, 1.82) is 0 Å². The summed E-state index contributed by atoms with van der Waals surface area (Å²) < 4.78 is 0. The molecule has 2 heteroatoms. The molecule has 4 aliphatic carbocycles. The van der Waals surface area contributed by atoms with Crippen molar-refractivity contribution in [1.82, 2.24) is 0 Å². The largest absolute Gasteiger partial charge is 0.393 e. The number of fused-ring (bicyclic) bond motifs is 5. The molecule has 2 N–H and O–H groups in total. The van der Waals surface area contributed by atoms with E-state index < -0.39 is 0 Å². The molecule has 0 amide bonds. The molecule has 132 valence electrons. The van der Waals surface area contributed by atoms with E-state index in [1.807, 2.05) is 6.92 Å². The van der Waals surface area contributed by atoms with Crippen molar-refractivity contribution in [3.63, 3.8) is 0 Å². The number of aliphatic hydroxyl groups excluding tert-OH is 2. The number of hydrogen-bond donors (Lipinski definition) is 2. The summed E-state index contributed by atoms with van der Waals surface area (Å²) in [5.41, 5.74) is 0.860. The lowest BCUT2D eigenvalue weighted by atomic mass is 9.44. The second kappa shape index (κ2) is 5.46. The van der Waals surface area contributed by atoms with Gasteiger partial charge in [0.25, 0.3) is 0 Å². The van der Waals surface area contributed by atoms with Gasteiger partial charge in [-0.3, -0.25) is 0 Å². The predicted molar refractivity (Wildman–Crippen MR) is 92.9 cm³/mol. The van der Waals surface area contributed by atoms with Crippen LogP contribution >= 0.6 is 0 Å². The summed E-state index contributed by atoms with van der Waals surface area (Å²) in [4.78, 5) is 0. The minimum absolute atomic E-state index is 0.0374. The van der Waals surface area contributed by atoms with Gasteiger partial charge in [0.15, 0.2) is 0 Å². The Bertz CT molecular complexity index is 461. The van der Waals surface area contributed by atoms with Crippen LogP contribution in [0, 0.1) is 40.4 Å². The highest BCUT2D eigenvalue weighted by Crippen LogP contribution is 2.67. The van der Waals surface area contributed by atoms with Crippen LogP contribution < -0.4 is 0 Å². The molecule has 4 aliphatic rings. The second-order valence-electron chi connectivity index (χ2n) is 10.1. The van der Waals surface area contributed by atoms with Gasteiger partial charge in [0, 0.05) is 0 Å². The Kier molecular flexibility index (Phi) is 3.89. The Morgan fingerprint density at radius 3 is 2.30 bits per heavy atom. The zero-order chi connectivity index (χ0) is 16.4. The van der Waals surface area contributed by atoms with Gasteiger partial charge in [0.2, 0.25) is 0 Å². The molecule has 4 saturated carbocycles. The van der Waals surface area contributed by atoms with Gasteiger partial charge in [0.1, 0.15) is 0 Å². The monoisotopic (exact) mass is 320 g/mol. The third-order valence-electron chi connectivity index (χ3n) is 9.29. The van der Waals surface area contributed by atoms with Crippen LogP contribution in [0.1, 0.15) is 78.6 Å². The molecule has 0 radical (unpaired) electrons. The Morgan fingerprint density at radius 2 is 1.57 bits per heavy atom. The normalized spacial score (nSPS) is 57.3. The van der Waals surface area contributed by atoms with Crippen molar-refractivity contribution in [3.05, 3.63) is 0 Å². The van der Waals surface area contributed by atoms with Gasteiger partial charge in [-0.15, -0.1) is 0 Å². The van der Waals surface area contributed by atoms with Crippen molar-refractivity contribution in [2.24, 2.45) is 40.4 Å². The maximum Gasteiger partial charge on any atom is 0.0545 e. The van der Waals surface area contributed by atoms with E-state index in [-0.39, 0.29) is 12.2 Å². The van der Waals surface area contributed by atoms with E-state index in [0.29, 0.717) is 16.7 Å². The van der Waals surface area contributed by atoms with Gasteiger partial charge in [-0.1, -0.05) is 13.8 Å². The molecule has 0 aromatic heterocycles. The highest BCUT2D eigenvalue weighted by Gasteiger charge is 2.60. The molecule has 0 bridgehead atoms. The highest BCUT2D eigenvalue weighted by molar-refractivity contribution is 5.09. The summed E-state index contributed by atoms with van der Waals surface area (Å²) >= 11 is 0. The molecule has 0 saturated heterocycles. The Balaban J connectivity index is 1.60. The lowest BCUT2D eigenvalue weighted by molar-refractivity contribution is -0.132. The molecule has 9 atom stereocenters. The van der Waals surface area contributed by atoms with Gasteiger partial charge < -0.3 is 10.2 Å². The van der Waals surface area contributed by atoms with Crippen LogP contribution in [0.5, 0.6) is 0 Å². The quantitative estimate of drug-likeness (QED) is 0.752. The third-order valence-corrected chi connectivity index (χ3v) is 9.29. The highest BCUT2D eigenvalue weighted by atomic mass is 16.3. The fourth-order valence-corrected chi connectivity index (χ4v) is 8.07. The lowest BCUT2D eigenvalue weighted by Gasteiger charge is -2.61. The maximum atomic E-state index is 10.3. The fourth-order valence-electron chi connectivity index (χ4n) is 8.07. The number of hydrogen-bond acceptors (Lipinski definition) is 2. The molecule has 4 rings (SSSR count). The molecule has 0 unspecified atom stereocenters. The van der Waals surface area contributed by atoms with Gasteiger partial charge in [-0.25, -0.2) is 0 Å². The van der Waals surface area contributed by atoms with E-state index >= 15 is 0 Å². The average molecular weight is 321 g/mol. The summed E-state index contributed by atoms with van der Waals surface area (Å²) in [5, 5.41) is 20.4. The number of rotatable bonds is 1. The van der Waals surface area contributed by atoms with Crippen molar-refractivity contribution in [2.45, 2.75) is 90.8 Å². The Hall–Kier alpha value is -0.0800. The van der Waals surface area contributed by atoms with Gasteiger partial charge >= 0.3 is 0 Å². The van der Waals surface area contributed by atoms with E-state index in [9.17, 15) is 10.2 Å². The van der Waals surface area contributed by atoms with Crippen LogP contribution in [0.15, 0.2) is 0 Å². The average Bonchev–Trinajstić information content (AvgIpc) is 2.85. The first kappa shape index (κ1) is 16.4. The summed E-state index contributed by atoms with van der Waals surface area (Å²) in [7, 11) is 0. The molecule has 0 aromatic rings. The van der Waals surface area contributed by atoms with Gasteiger partial charge in [-0.05, 0) is 105 Å². The van der Waals surface area contributed by atoms with Crippen LogP contribution in [-0.4, -0.2) is 22.4 Å². The van der Waals surface area contributed by atoms with Crippen LogP contribution in [0.4, 0.5) is 0 Å². The Morgan fingerprint density at radius 1 is 0.870 bits per heavy atom. The van der Waals surface area contributed by atoms with E-state index in [4.69, 9.17) is 0 Å². The standard InChI is InChI=1S/C21H36O2/c1-13(22)17-6-7-18-16-5-4-14-12-15(23)8-10-20(14,2)19(16)9-11-21(17,18)3/h13-19,22-23H,4-12H2,1-3H3/t13-,14+,15-,16+,17+,18+,19+,20+,21-/m1/s1. The third kappa shape index (κ3) is 2.27. The van der Waals surface area contributed by atoms with Crippen LogP contribution in [0.2, 0.25) is 0 Å².